The second-order valence-electron chi connectivity index (χ2n) is 10.9. The lowest BCUT2D eigenvalue weighted by Crippen LogP contribution is -1.98. The maximum Gasteiger partial charge on any atom is 0.160 e. The van der Waals surface area contributed by atoms with Gasteiger partial charge in [-0.1, -0.05) is 78.9 Å². The van der Waals surface area contributed by atoms with Gasteiger partial charge in [-0.05, 0) is 60.7 Å². The minimum Gasteiger partial charge on any atom is -0.316 e. The second kappa shape index (κ2) is 9.75. The fourth-order valence-electron chi connectivity index (χ4n) is 6.45. The van der Waals surface area contributed by atoms with E-state index in [0.29, 0.717) is 5.82 Å². The summed E-state index contributed by atoms with van der Waals surface area (Å²) in [4.78, 5) is 14.7. The van der Waals surface area contributed by atoms with Gasteiger partial charge in [0, 0.05) is 50.9 Å². The van der Waals surface area contributed by atoms with Crippen LogP contribution in [0.3, 0.4) is 0 Å². The van der Waals surface area contributed by atoms with Crippen molar-refractivity contribution in [2.75, 3.05) is 0 Å². The number of para-hydroxylation sites is 3. The van der Waals surface area contributed by atoms with Crippen LogP contribution >= 0.6 is 0 Å². The van der Waals surface area contributed by atoms with Crippen LogP contribution < -0.4 is 0 Å². The molecule has 4 heterocycles. The van der Waals surface area contributed by atoms with Crippen LogP contribution in [0.15, 0.2) is 152 Å². The number of pyridine rings is 1. The van der Waals surface area contributed by atoms with Crippen molar-refractivity contribution in [1.29, 1.82) is 0 Å². The van der Waals surface area contributed by atoms with Gasteiger partial charge in [-0.3, -0.25) is 4.98 Å². The standard InChI is InChI=1S/C39H25N5/c1-2-12-28(13-3-1)43-24-22-26-20-21-35-36(38(26)43)31-16-5-7-19-34(31)44(35)29-14-10-11-27(25-29)39-41-32-17-6-4-15-30(32)37(42-39)33-18-8-9-23-40-33/h1-25H. The second-order valence-corrected chi connectivity index (χ2v) is 10.9. The average molecular weight is 564 g/mol. The first-order valence-electron chi connectivity index (χ1n) is 14.7. The molecule has 5 nitrogen and oxygen atoms in total. The van der Waals surface area contributed by atoms with Gasteiger partial charge in [0.15, 0.2) is 5.82 Å². The maximum absolute atomic E-state index is 5.08. The fourth-order valence-corrected chi connectivity index (χ4v) is 6.45. The molecule has 4 aromatic heterocycles. The first-order valence-corrected chi connectivity index (χ1v) is 14.7. The Balaban J connectivity index is 1.29. The highest BCUT2D eigenvalue weighted by Gasteiger charge is 2.18. The van der Waals surface area contributed by atoms with Crippen molar-refractivity contribution in [2.45, 2.75) is 0 Å². The molecule has 0 amide bonds. The van der Waals surface area contributed by atoms with E-state index >= 15 is 0 Å². The van der Waals surface area contributed by atoms with Crippen LogP contribution in [0, 0.1) is 0 Å². The lowest BCUT2D eigenvalue weighted by atomic mass is 10.1. The Bertz CT molecular complexity index is 2490. The van der Waals surface area contributed by atoms with E-state index in [1.807, 2.05) is 36.4 Å². The summed E-state index contributed by atoms with van der Waals surface area (Å²) in [5, 5.41) is 4.65. The molecule has 206 valence electrons. The molecule has 0 atom stereocenters. The van der Waals surface area contributed by atoms with E-state index in [1.165, 1.54) is 21.7 Å². The Morgan fingerprint density at radius 2 is 1.34 bits per heavy atom. The van der Waals surface area contributed by atoms with Gasteiger partial charge in [-0.2, -0.15) is 0 Å². The molecular formula is C39H25N5. The van der Waals surface area contributed by atoms with E-state index < -0.39 is 0 Å². The van der Waals surface area contributed by atoms with Gasteiger partial charge in [0.05, 0.1) is 27.8 Å². The lowest BCUT2D eigenvalue weighted by molar-refractivity contribution is 1.13. The first-order chi connectivity index (χ1) is 21.8. The molecule has 0 bridgehead atoms. The number of hydrogen-bond acceptors (Lipinski definition) is 3. The molecule has 0 fully saturated rings. The van der Waals surface area contributed by atoms with Crippen molar-refractivity contribution < 1.29 is 0 Å². The summed E-state index contributed by atoms with van der Waals surface area (Å²) < 4.78 is 4.66. The van der Waals surface area contributed by atoms with E-state index in [0.717, 1.165) is 50.3 Å². The third kappa shape index (κ3) is 3.76. The molecule has 0 aliphatic heterocycles. The Hall–Kier alpha value is -6.07. The van der Waals surface area contributed by atoms with Gasteiger partial charge in [-0.25, -0.2) is 9.97 Å². The van der Waals surface area contributed by atoms with E-state index in [9.17, 15) is 0 Å². The van der Waals surface area contributed by atoms with Crippen molar-refractivity contribution in [1.82, 2.24) is 24.1 Å². The molecule has 0 aliphatic carbocycles. The molecule has 44 heavy (non-hydrogen) atoms. The highest BCUT2D eigenvalue weighted by Crippen LogP contribution is 2.39. The van der Waals surface area contributed by atoms with Crippen LogP contribution in [-0.4, -0.2) is 24.1 Å². The normalized spacial score (nSPS) is 11.6. The molecule has 0 aliphatic rings. The topological polar surface area (TPSA) is 48.5 Å². The predicted molar refractivity (Wildman–Crippen MR) is 179 cm³/mol. The fraction of sp³-hybridized carbons (Fsp3) is 0. The van der Waals surface area contributed by atoms with Gasteiger partial charge in [0.2, 0.25) is 0 Å². The molecular weight excluding hydrogens is 538 g/mol. The SMILES string of the molecule is c1ccc(-n2ccc3ccc4c(c5ccccc5n4-c4cccc(-c5nc(-c6ccccn6)c6ccccc6n5)c4)c32)cc1. The molecule has 0 spiro atoms. The number of fused-ring (bicyclic) bond motifs is 6. The average Bonchev–Trinajstić information content (AvgIpc) is 3.68. The Morgan fingerprint density at radius 1 is 0.545 bits per heavy atom. The zero-order valence-corrected chi connectivity index (χ0v) is 23.7. The third-order valence-corrected chi connectivity index (χ3v) is 8.39. The third-order valence-electron chi connectivity index (χ3n) is 8.39. The molecule has 9 rings (SSSR count). The molecule has 0 saturated carbocycles. The van der Waals surface area contributed by atoms with Crippen LogP contribution in [0.2, 0.25) is 0 Å². The molecule has 5 aromatic carbocycles. The molecule has 5 heteroatoms. The van der Waals surface area contributed by atoms with Crippen molar-refractivity contribution in [3.8, 4) is 34.2 Å². The van der Waals surface area contributed by atoms with Gasteiger partial charge in [0.25, 0.3) is 0 Å². The van der Waals surface area contributed by atoms with E-state index in [-0.39, 0.29) is 0 Å². The lowest BCUT2D eigenvalue weighted by Gasteiger charge is -2.12. The number of nitrogens with zero attached hydrogens (tertiary/aromatic N) is 5. The van der Waals surface area contributed by atoms with Crippen LogP contribution in [0.5, 0.6) is 0 Å². The first kappa shape index (κ1) is 24.5. The summed E-state index contributed by atoms with van der Waals surface area (Å²) in [5.41, 5.74) is 9.22. The Labute approximate surface area is 253 Å². The number of benzene rings is 5. The number of rotatable bonds is 4. The van der Waals surface area contributed by atoms with Gasteiger partial charge in [-0.15, -0.1) is 0 Å². The molecule has 0 unspecified atom stereocenters. The zero-order valence-electron chi connectivity index (χ0n) is 23.7. The smallest absolute Gasteiger partial charge is 0.160 e. The Kier molecular flexibility index (Phi) is 5.43. The van der Waals surface area contributed by atoms with E-state index in [2.05, 4.69) is 123 Å². The van der Waals surface area contributed by atoms with Crippen LogP contribution in [0.4, 0.5) is 0 Å². The summed E-state index contributed by atoms with van der Waals surface area (Å²) in [6.45, 7) is 0. The van der Waals surface area contributed by atoms with Crippen molar-refractivity contribution in [2.24, 2.45) is 0 Å². The van der Waals surface area contributed by atoms with Crippen molar-refractivity contribution in [3.63, 3.8) is 0 Å². The van der Waals surface area contributed by atoms with Crippen LogP contribution in [0.25, 0.3) is 77.8 Å². The van der Waals surface area contributed by atoms with Crippen molar-refractivity contribution in [3.05, 3.63) is 152 Å². The van der Waals surface area contributed by atoms with Crippen LogP contribution in [0.1, 0.15) is 0 Å². The minimum atomic E-state index is 0.673. The maximum atomic E-state index is 5.08. The number of aromatic nitrogens is 5. The van der Waals surface area contributed by atoms with Gasteiger partial charge < -0.3 is 9.13 Å². The summed E-state index contributed by atoms with van der Waals surface area (Å²) >= 11 is 0. The summed E-state index contributed by atoms with van der Waals surface area (Å²) in [6, 6.07) is 48.5. The summed E-state index contributed by atoms with van der Waals surface area (Å²) in [5.74, 6) is 0.673. The van der Waals surface area contributed by atoms with Gasteiger partial charge >= 0.3 is 0 Å². The highest BCUT2D eigenvalue weighted by atomic mass is 15.0. The highest BCUT2D eigenvalue weighted by molar-refractivity contribution is 6.20. The van der Waals surface area contributed by atoms with Gasteiger partial charge in [0.1, 0.15) is 5.69 Å². The minimum absolute atomic E-state index is 0.673. The Morgan fingerprint density at radius 3 is 2.23 bits per heavy atom. The molecule has 9 aromatic rings. The quantitative estimate of drug-likeness (QED) is 0.214. The largest absolute Gasteiger partial charge is 0.316 e. The molecule has 0 saturated heterocycles. The molecule has 0 N–H and O–H groups in total. The zero-order chi connectivity index (χ0) is 29.0. The van der Waals surface area contributed by atoms with Crippen molar-refractivity contribution >= 4 is 43.6 Å². The van der Waals surface area contributed by atoms with Crippen LogP contribution in [-0.2, 0) is 0 Å². The van der Waals surface area contributed by atoms with E-state index in [1.54, 1.807) is 6.20 Å². The van der Waals surface area contributed by atoms with E-state index in [4.69, 9.17) is 9.97 Å². The predicted octanol–water partition coefficient (Wildman–Crippen LogP) is 9.40. The monoisotopic (exact) mass is 563 g/mol. The summed E-state index contributed by atoms with van der Waals surface area (Å²) in [6.07, 6.45) is 3.97. The molecule has 0 radical (unpaired) electrons. The summed E-state index contributed by atoms with van der Waals surface area (Å²) in [7, 11) is 0. The number of hydrogen-bond donors (Lipinski definition) is 0.